The van der Waals surface area contributed by atoms with Crippen molar-refractivity contribution in [1.29, 1.82) is 0 Å². The van der Waals surface area contributed by atoms with Gasteiger partial charge in [-0.25, -0.2) is 4.98 Å². The Morgan fingerprint density at radius 1 is 1.23 bits per heavy atom. The van der Waals surface area contributed by atoms with Crippen LogP contribution in [-0.4, -0.2) is 36.2 Å². The average Bonchev–Trinajstić information content (AvgIpc) is 2.55. The lowest BCUT2D eigenvalue weighted by Gasteiger charge is -2.10. The summed E-state index contributed by atoms with van der Waals surface area (Å²) in [6, 6.07) is 6.29. The minimum atomic E-state index is -0.269. The van der Waals surface area contributed by atoms with Gasteiger partial charge in [0.25, 0.3) is 11.5 Å². The van der Waals surface area contributed by atoms with Gasteiger partial charge in [-0.1, -0.05) is 0 Å². The molecule has 1 amide bonds. The number of carbonyl (C=O) groups is 1. The van der Waals surface area contributed by atoms with E-state index >= 15 is 0 Å². The summed E-state index contributed by atoms with van der Waals surface area (Å²) in [6.07, 6.45) is 2.86. The van der Waals surface area contributed by atoms with Crippen molar-refractivity contribution in [3.8, 4) is 11.5 Å². The second-order valence-corrected chi connectivity index (χ2v) is 4.47. The quantitative estimate of drug-likeness (QED) is 0.849. The molecule has 1 N–H and O–H groups in total. The predicted molar refractivity (Wildman–Crippen MR) is 80.4 cm³/mol. The van der Waals surface area contributed by atoms with Crippen LogP contribution >= 0.6 is 0 Å². The predicted octanol–water partition coefficient (Wildman–Crippen LogP) is 0.690. The molecule has 0 aliphatic rings. The Morgan fingerprint density at radius 2 is 1.91 bits per heavy atom. The fourth-order valence-corrected chi connectivity index (χ4v) is 1.88. The van der Waals surface area contributed by atoms with E-state index in [1.165, 1.54) is 37.4 Å². The number of rotatable bonds is 6. The maximum absolute atomic E-state index is 12.1. The molecule has 0 fully saturated rings. The maximum Gasteiger partial charge on any atom is 0.253 e. The molecule has 0 spiro atoms. The number of ether oxygens (including phenoxy) is 2. The van der Waals surface area contributed by atoms with Crippen molar-refractivity contribution in [1.82, 2.24) is 14.9 Å². The van der Waals surface area contributed by atoms with Crippen LogP contribution in [0.25, 0.3) is 0 Å². The minimum Gasteiger partial charge on any atom is -0.497 e. The zero-order valence-electron chi connectivity index (χ0n) is 12.4. The zero-order valence-corrected chi connectivity index (χ0v) is 12.4. The maximum atomic E-state index is 12.1. The van der Waals surface area contributed by atoms with Crippen molar-refractivity contribution >= 4 is 5.91 Å². The van der Waals surface area contributed by atoms with E-state index in [1.807, 2.05) is 0 Å². The lowest BCUT2D eigenvalue weighted by atomic mass is 10.2. The average molecular weight is 303 g/mol. The molecular formula is C15H17N3O4. The summed E-state index contributed by atoms with van der Waals surface area (Å²) in [5.74, 6) is 0.801. The molecule has 0 radical (unpaired) electrons. The van der Waals surface area contributed by atoms with Gasteiger partial charge in [0.2, 0.25) is 0 Å². The highest BCUT2D eigenvalue weighted by Crippen LogP contribution is 2.22. The van der Waals surface area contributed by atoms with E-state index in [0.717, 1.165) is 0 Å². The zero-order chi connectivity index (χ0) is 15.9. The van der Waals surface area contributed by atoms with Gasteiger partial charge in [0.1, 0.15) is 11.5 Å². The highest BCUT2D eigenvalue weighted by molar-refractivity contribution is 5.95. The van der Waals surface area contributed by atoms with Gasteiger partial charge in [-0.05, 0) is 12.1 Å². The summed E-state index contributed by atoms with van der Waals surface area (Å²) >= 11 is 0. The van der Waals surface area contributed by atoms with Gasteiger partial charge in [-0.15, -0.1) is 0 Å². The number of amides is 1. The summed E-state index contributed by atoms with van der Waals surface area (Å²) < 4.78 is 11.7. The molecule has 0 saturated carbocycles. The number of nitrogens with zero attached hydrogens (tertiary/aromatic N) is 2. The molecule has 0 aliphatic heterocycles. The molecule has 0 aliphatic carbocycles. The number of hydrogen-bond acceptors (Lipinski definition) is 5. The summed E-state index contributed by atoms with van der Waals surface area (Å²) in [4.78, 5) is 27.5. The highest BCUT2D eigenvalue weighted by Gasteiger charge is 2.09. The van der Waals surface area contributed by atoms with Crippen LogP contribution in [0.15, 0.2) is 41.6 Å². The van der Waals surface area contributed by atoms with Gasteiger partial charge >= 0.3 is 0 Å². The van der Waals surface area contributed by atoms with Crippen molar-refractivity contribution in [3.05, 3.63) is 52.7 Å². The van der Waals surface area contributed by atoms with Crippen molar-refractivity contribution in [2.24, 2.45) is 0 Å². The fourth-order valence-electron chi connectivity index (χ4n) is 1.88. The first-order valence-electron chi connectivity index (χ1n) is 6.66. The number of methoxy groups -OCH3 is 2. The second kappa shape index (κ2) is 7.26. The van der Waals surface area contributed by atoms with Gasteiger partial charge in [0.15, 0.2) is 0 Å². The molecule has 1 aromatic heterocycles. The van der Waals surface area contributed by atoms with Gasteiger partial charge in [-0.2, -0.15) is 0 Å². The van der Waals surface area contributed by atoms with E-state index < -0.39 is 0 Å². The van der Waals surface area contributed by atoms with Crippen molar-refractivity contribution in [3.63, 3.8) is 0 Å². The lowest BCUT2D eigenvalue weighted by Crippen LogP contribution is -2.30. The number of aromatic nitrogens is 2. The number of nitrogens with one attached hydrogen (secondary N) is 1. The third kappa shape index (κ3) is 3.85. The standard InChI is InChI=1S/C15H17N3O4/c1-21-12-7-11(8-13(9-12)22-2)15(20)17-5-6-18-10-16-4-3-14(18)19/h3-4,7-10H,5-6H2,1-2H3,(H,17,20). The Morgan fingerprint density at radius 3 is 2.50 bits per heavy atom. The normalized spacial score (nSPS) is 10.1. The summed E-state index contributed by atoms with van der Waals surface area (Å²) in [5.41, 5.74) is 0.266. The van der Waals surface area contributed by atoms with E-state index in [9.17, 15) is 9.59 Å². The molecule has 0 saturated heterocycles. The topological polar surface area (TPSA) is 82.4 Å². The van der Waals surface area contributed by atoms with Crippen LogP contribution in [0.1, 0.15) is 10.4 Å². The van der Waals surface area contributed by atoms with Crippen LogP contribution in [0.3, 0.4) is 0 Å². The Labute approximate surface area is 127 Å². The molecule has 0 bridgehead atoms. The van der Waals surface area contributed by atoms with Gasteiger partial charge in [0, 0.05) is 37.0 Å². The van der Waals surface area contributed by atoms with Crippen LogP contribution in [0.5, 0.6) is 11.5 Å². The Bertz CT molecular complexity index is 690. The Hall–Kier alpha value is -2.83. The first-order valence-corrected chi connectivity index (χ1v) is 6.66. The lowest BCUT2D eigenvalue weighted by molar-refractivity contribution is 0.0951. The molecule has 1 heterocycles. The van der Waals surface area contributed by atoms with Crippen molar-refractivity contribution in [2.45, 2.75) is 6.54 Å². The minimum absolute atomic E-state index is 0.160. The number of benzene rings is 1. The largest absolute Gasteiger partial charge is 0.497 e. The molecule has 2 rings (SSSR count). The Balaban J connectivity index is 2.00. The summed E-state index contributed by atoms with van der Waals surface area (Å²) in [6.45, 7) is 0.656. The number of hydrogen-bond donors (Lipinski definition) is 1. The smallest absolute Gasteiger partial charge is 0.253 e. The third-order valence-corrected chi connectivity index (χ3v) is 3.04. The van der Waals surface area contributed by atoms with Crippen LogP contribution in [0, 0.1) is 0 Å². The monoisotopic (exact) mass is 303 g/mol. The Kier molecular flexibility index (Phi) is 5.13. The van der Waals surface area contributed by atoms with Crippen LogP contribution in [0.2, 0.25) is 0 Å². The highest BCUT2D eigenvalue weighted by atomic mass is 16.5. The molecule has 7 heteroatoms. The third-order valence-electron chi connectivity index (χ3n) is 3.04. The van der Waals surface area contributed by atoms with E-state index in [0.29, 0.717) is 30.2 Å². The summed E-state index contributed by atoms with van der Waals surface area (Å²) in [7, 11) is 3.04. The first kappa shape index (κ1) is 15.6. The molecule has 0 unspecified atom stereocenters. The molecule has 7 nitrogen and oxygen atoms in total. The molecule has 2 aromatic rings. The van der Waals surface area contributed by atoms with E-state index in [2.05, 4.69) is 10.3 Å². The van der Waals surface area contributed by atoms with Gasteiger partial charge < -0.3 is 14.8 Å². The van der Waals surface area contributed by atoms with Crippen LogP contribution in [0.4, 0.5) is 0 Å². The van der Waals surface area contributed by atoms with Gasteiger partial charge in [0.05, 0.1) is 20.5 Å². The molecule has 22 heavy (non-hydrogen) atoms. The molecule has 1 aromatic carbocycles. The second-order valence-electron chi connectivity index (χ2n) is 4.47. The summed E-state index contributed by atoms with van der Waals surface area (Å²) in [5, 5.41) is 2.74. The van der Waals surface area contributed by atoms with Gasteiger partial charge in [-0.3, -0.25) is 14.2 Å². The molecule has 0 atom stereocenters. The van der Waals surface area contributed by atoms with E-state index in [1.54, 1.807) is 18.2 Å². The first-order chi connectivity index (χ1) is 10.6. The van der Waals surface area contributed by atoms with E-state index in [4.69, 9.17) is 9.47 Å². The fraction of sp³-hybridized carbons (Fsp3) is 0.267. The number of carbonyl (C=O) groups excluding carboxylic acids is 1. The molecular weight excluding hydrogens is 286 g/mol. The molecule has 116 valence electrons. The SMILES string of the molecule is COc1cc(OC)cc(C(=O)NCCn2cnccc2=O)c1. The van der Waals surface area contributed by atoms with Crippen molar-refractivity contribution < 1.29 is 14.3 Å². The van der Waals surface area contributed by atoms with E-state index in [-0.39, 0.29) is 11.5 Å². The van der Waals surface area contributed by atoms with Crippen LogP contribution in [-0.2, 0) is 6.54 Å². The van der Waals surface area contributed by atoms with Crippen molar-refractivity contribution in [2.75, 3.05) is 20.8 Å². The van der Waals surface area contributed by atoms with Crippen LogP contribution < -0.4 is 20.3 Å².